The van der Waals surface area contributed by atoms with Gasteiger partial charge in [-0.25, -0.2) is 0 Å². The monoisotopic (exact) mass is 1670 g/mol. The molecule has 2 N–H and O–H groups in total. The van der Waals surface area contributed by atoms with Crippen molar-refractivity contribution in [2.75, 3.05) is 0 Å². The van der Waals surface area contributed by atoms with Gasteiger partial charge in [0.1, 0.15) is 11.6 Å². The minimum Gasteiger partial charge on any atom is -0.393 e. The lowest BCUT2D eigenvalue weighted by Crippen LogP contribution is -2.64. The van der Waals surface area contributed by atoms with E-state index >= 15 is 0 Å². The van der Waals surface area contributed by atoms with E-state index in [1.807, 2.05) is 22.3 Å². The van der Waals surface area contributed by atoms with Gasteiger partial charge in [-0.2, -0.15) is 0 Å². The van der Waals surface area contributed by atoms with Gasteiger partial charge in [-0.05, 0) is 435 Å². The molecule has 688 valence electrons. The van der Waals surface area contributed by atoms with E-state index in [0.29, 0.717) is 133 Å². The fraction of sp³-hybridized carbons (Fsp3) is 0.915. The second kappa shape index (κ2) is 28.9. The summed E-state index contributed by atoms with van der Waals surface area (Å²) in [4.78, 5) is 25.7. The van der Waals surface area contributed by atoms with Crippen LogP contribution in [0, 0.1) is 202 Å². The van der Waals surface area contributed by atoms with Gasteiger partial charge < -0.3 is 10.2 Å². The Labute approximate surface area is 751 Å². The largest absolute Gasteiger partial charge is 0.393 e. The minimum absolute atomic E-state index is 0.0533. The lowest BCUT2D eigenvalue weighted by atomic mass is 9.33. The third-order valence-electron chi connectivity index (χ3n) is 50.5. The van der Waals surface area contributed by atoms with Crippen molar-refractivity contribution in [2.24, 2.45) is 202 Å². The third-order valence-corrected chi connectivity index (χ3v) is 50.5. The van der Waals surface area contributed by atoms with Crippen LogP contribution in [0.1, 0.15) is 465 Å². The van der Waals surface area contributed by atoms with E-state index in [2.05, 4.69) is 232 Å². The second-order valence-electron chi connectivity index (χ2n) is 59.0. The van der Waals surface area contributed by atoms with Crippen LogP contribution >= 0.6 is 0 Å². The number of ketones is 2. The fourth-order valence-electron chi connectivity index (χ4n) is 41.3. The first-order valence-electron chi connectivity index (χ1n) is 53.3. The van der Waals surface area contributed by atoms with Crippen molar-refractivity contribution < 1.29 is 19.8 Å². The van der Waals surface area contributed by atoms with E-state index in [9.17, 15) is 19.8 Å². The molecule has 0 bridgehead atoms. The van der Waals surface area contributed by atoms with Crippen molar-refractivity contribution in [1.29, 1.82) is 0 Å². The predicted octanol–water partition coefficient (Wildman–Crippen LogP) is 32.3. The molecule has 4 nitrogen and oxygen atoms in total. The van der Waals surface area contributed by atoms with Crippen molar-refractivity contribution in [3.05, 3.63) is 46.6 Å². The van der Waals surface area contributed by atoms with Gasteiger partial charge in [0.15, 0.2) is 0 Å². The van der Waals surface area contributed by atoms with Gasteiger partial charge in [-0.15, -0.1) is 0 Å². The Kier molecular flexibility index (Phi) is 21.8. The average molecular weight is 1670 g/mol. The normalized spacial score (nSPS) is 53.5. The lowest BCUT2D eigenvalue weighted by Gasteiger charge is -2.71. The van der Waals surface area contributed by atoms with Crippen molar-refractivity contribution in [1.82, 2.24) is 0 Å². The highest BCUT2D eigenvalue weighted by Crippen LogP contribution is 2.82. The Bertz CT molecular complexity index is 4210. The summed E-state index contributed by atoms with van der Waals surface area (Å²) in [6.45, 7) is 75.9. The summed E-state index contributed by atoms with van der Waals surface area (Å²) in [5, 5.41) is 21.7. The maximum atomic E-state index is 12.9. The number of rotatable bonds is 0. The lowest BCUT2D eigenvalue weighted by molar-refractivity contribution is -0.202. The highest BCUT2D eigenvalue weighted by molar-refractivity contribution is 5.86. The second-order valence-corrected chi connectivity index (χ2v) is 59.0. The maximum absolute atomic E-state index is 12.9. The van der Waals surface area contributed by atoms with E-state index in [4.69, 9.17) is 0 Å². The molecule has 0 aromatic rings. The number of allylic oxidation sites excluding steroid dienone is 8. The van der Waals surface area contributed by atoms with Gasteiger partial charge in [-0.3, -0.25) is 9.59 Å². The zero-order chi connectivity index (χ0) is 88.8. The Morgan fingerprint density at radius 1 is 0.254 bits per heavy atom. The van der Waals surface area contributed by atoms with Gasteiger partial charge >= 0.3 is 0 Å². The molecule has 20 aliphatic carbocycles. The van der Waals surface area contributed by atoms with E-state index < -0.39 is 0 Å². The molecular weight excluding hydrogens is 1480 g/mol. The Morgan fingerprint density at radius 2 is 0.525 bits per heavy atom. The van der Waals surface area contributed by atoms with Crippen LogP contribution in [0.3, 0.4) is 0 Å². The van der Waals surface area contributed by atoms with Crippen LogP contribution in [0.5, 0.6) is 0 Å². The molecule has 0 radical (unpaired) electrons. The minimum atomic E-state index is -0.141. The quantitative estimate of drug-likeness (QED) is 0.237. The topological polar surface area (TPSA) is 74.6 Å². The molecule has 0 amide bonds. The summed E-state index contributed by atoms with van der Waals surface area (Å²) >= 11 is 0. The smallest absolute Gasteiger partial charge is 0.138 e. The summed E-state index contributed by atoms with van der Waals surface area (Å²) in [7, 11) is 0. The van der Waals surface area contributed by atoms with Crippen molar-refractivity contribution in [3.8, 4) is 0 Å². The number of Topliss-reactive ketones (excluding diaryl/α,β-unsaturated/α-hetero) is 2. The molecule has 0 heterocycles. The van der Waals surface area contributed by atoms with Gasteiger partial charge in [0.05, 0.1) is 12.2 Å². The summed E-state index contributed by atoms with van der Waals surface area (Å²) in [6, 6.07) is 0. The molecular formula is C118H192O4. The Balaban J connectivity index is 0.000000116. The average Bonchev–Trinajstić information content (AvgIpc) is 0.719. The zero-order valence-corrected chi connectivity index (χ0v) is 85.5. The fourth-order valence-corrected chi connectivity index (χ4v) is 41.3. The van der Waals surface area contributed by atoms with Gasteiger partial charge in [0.2, 0.25) is 0 Å². The molecule has 0 aromatic carbocycles. The zero-order valence-electron chi connectivity index (χ0n) is 85.5. The first-order chi connectivity index (χ1) is 56.1. The van der Waals surface area contributed by atoms with Crippen LogP contribution < -0.4 is 0 Å². The van der Waals surface area contributed by atoms with Crippen molar-refractivity contribution >= 4 is 11.6 Å². The number of fused-ring (bicyclic) bond motifs is 28. The number of aliphatic hydroxyl groups excluding tert-OH is 2. The van der Waals surface area contributed by atoms with Gasteiger partial charge in [0, 0.05) is 23.7 Å². The summed E-state index contributed by atoms with van der Waals surface area (Å²) < 4.78 is 0. The SMILES string of the molecule is CC1(C)CC[C@@H]2CC[C@@]3(C)C(=CCC4[C@@]5(C)CCC(=O)C(C)(C)C5CC[C@]43C)[C@@H]2C1.CC1(C)CC[C@@H]2CC[C@@]3(C)C(=CCC4[C@@]5(C)CC[C@H](O)C(C)(C)C5CC[C@]43C)[C@@H]2C1.CC1(C)CC[C@]2(C)CC[C@@]3(C)C(=CCC4[C@@]5(C)CCC(=O)C(C)(C)C5CC[C@]43C)[C@@H]2C1.CC1(C)CC[C@]2(C)CC[C@@]3(C)C(=CCC4[C@@]5(C)CC[C@H](O)C(C)(C)C5CC[C@]43C)[C@@H]2C1. The van der Waals surface area contributed by atoms with Crippen LogP contribution in [-0.4, -0.2) is 34.0 Å². The number of carbonyl (C=O) groups excluding carboxylic acids is 2. The molecule has 16 fully saturated rings. The maximum Gasteiger partial charge on any atom is 0.138 e. The van der Waals surface area contributed by atoms with Crippen molar-refractivity contribution in [2.45, 2.75) is 477 Å². The standard InChI is InChI=1S/C30H50O.C30H48O.C29H48O.C29H46O/c2*1-25(2)15-16-27(5)17-18-29(7)20(21(27)19-25)9-10-23-28(6)13-12-24(31)26(3,4)22(28)11-14-30(23,29)8;2*1-25(2)14-10-19-11-16-28(6)21(20(19)18-25)8-9-23-27(5)15-13-24(30)26(3,4)22(27)12-17-29(23,28)7/h9,21-24,31H,10-19H2,1-8H3;9,21-23H,10-19H2,1-8H3;8,19-20,22-24,30H,9-18H2,1-7H3;8,19-20,22-23H,9-18H2,1-7H3/t21-,22?,23?,24-,27+,28-,29-,30+;21-,22?,23?,27+,28-,29-,30+;19-,20-,22?,23?,24+,27+,28+,29-;19-,20-,22?,23?,27+,28+,29-/m0011/s1. The summed E-state index contributed by atoms with van der Waals surface area (Å²) in [5.74, 6) is 11.6. The number of hydrogen-bond donors (Lipinski definition) is 2. The van der Waals surface area contributed by atoms with Gasteiger partial charge in [0.25, 0.3) is 0 Å². The molecule has 8 unspecified atom stereocenters. The van der Waals surface area contributed by atoms with Crippen LogP contribution in [0.25, 0.3) is 0 Å². The van der Waals surface area contributed by atoms with Crippen molar-refractivity contribution in [3.63, 3.8) is 0 Å². The highest BCUT2D eigenvalue weighted by Gasteiger charge is 2.74. The molecule has 20 aliphatic rings. The number of carbonyl (C=O) groups is 2. The van der Waals surface area contributed by atoms with Crippen LogP contribution in [-0.2, 0) is 9.59 Å². The third kappa shape index (κ3) is 12.9. The summed E-state index contributed by atoms with van der Waals surface area (Å²) in [6.07, 6.45) is 63.0. The van der Waals surface area contributed by atoms with Crippen LogP contribution in [0.15, 0.2) is 46.6 Å². The predicted molar refractivity (Wildman–Crippen MR) is 512 cm³/mol. The highest BCUT2D eigenvalue weighted by atomic mass is 16.3. The first-order valence-corrected chi connectivity index (χ1v) is 53.3. The van der Waals surface area contributed by atoms with Gasteiger partial charge in [-0.1, -0.05) is 254 Å². The first kappa shape index (κ1) is 92.1. The summed E-state index contributed by atoms with van der Waals surface area (Å²) in [5.41, 5.74) is 14.8. The molecule has 16 saturated carbocycles. The molecule has 4 heteroatoms. The van der Waals surface area contributed by atoms with Crippen LogP contribution in [0.4, 0.5) is 0 Å². The Morgan fingerprint density at radius 3 is 0.852 bits per heavy atom. The molecule has 0 spiro atoms. The number of hydrogen-bond acceptors (Lipinski definition) is 4. The van der Waals surface area contributed by atoms with E-state index in [-0.39, 0.29) is 33.9 Å². The van der Waals surface area contributed by atoms with E-state index in [1.54, 1.807) is 0 Å². The molecule has 30 atom stereocenters. The molecule has 122 heavy (non-hydrogen) atoms. The molecule has 0 aliphatic heterocycles. The van der Waals surface area contributed by atoms with E-state index in [0.717, 1.165) is 97.7 Å². The molecule has 20 rings (SSSR count). The van der Waals surface area contributed by atoms with E-state index in [1.165, 1.54) is 218 Å². The molecule has 0 saturated heterocycles. The molecule has 0 aromatic heterocycles. The Hall–Kier alpha value is -1.78. The number of aliphatic hydroxyl groups is 2. The van der Waals surface area contributed by atoms with Crippen LogP contribution in [0.2, 0.25) is 0 Å².